The number of rotatable bonds is 2. The van der Waals surface area contributed by atoms with E-state index in [2.05, 4.69) is 5.32 Å². The molecule has 1 aromatic rings. The molecule has 0 radical (unpaired) electrons. The Kier molecular flexibility index (Phi) is 4.57. The minimum Gasteiger partial charge on any atom is -0.368 e. The summed E-state index contributed by atoms with van der Waals surface area (Å²) < 4.78 is 45.3. The van der Waals surface area contributed by atoms with Crippen molar-refractivity contribution in [3.05, 3.63) is 34.9 Å². The van der Waals surface area contributed by atoms with Gasteiger partial charge in [0.25, 0.3) is 5.91 Å². The minimum atomic E-state index is -4.41. The molecule has 3 rings (SSSR count). The lowest BCUT2D eigenvalue weighted by atomic mass is 9.88. The summed E-state index contributed by atoms with van der Waals surface area (Å²) in [6, 6.07) is 4.23. The first-order valence-electron chi connectivity index (χ1n) is 8.10. The fourth-order valence-corrected chi connectivity index (χ4v) is 3.64. The first kappa shape index (κ1) is 17.2. The van der Waals surface area contributed by atoms with Crippen molar-refractivity contribution >= 4 is 5.91 Å². The lowest BCUT2D eigenvalue weighted by molar-refractivity contribution is -0.160. The van der Waals surface area contributed by atoms with E-state index >= 15 is 0 Å². The van der Waals surface area contributed by atoms with Crippen LogP contribution in [0.1, 0.15) is 29.5 Å². The van der Waals surface area contributed by atoms with E-state index in [1.54, 1.807) is 6.07 Å². The molecule has 0 aromatic heterocycles. The second-order valence-corrected chi connectivity index (χ2v) is 6.37. The predicted molar refractivity (Wildman–Crippen MR) is 82.4 cm³/mol. The Labute approximate surface area is 139 Å². The minimum absolute atomic E-state index is 0.0115. The number of hydrogen-bond donors (Lipinski definition) is 1. The maximum Gasteiger partial charge on any atom is 0.416 e. The van der Waals surface area contributed by atoms with Gasteiger partial charge < -0.3 is 15.0 Å². The third-order valence-corrected chi connectivity index (χ3v) is 5.06. The third-order valence-electron chi connectivity index (χ3n) is 5.06. The van der Waals surface area contributed by atoms with Crippen molar-refractivity contribution in [1.29, 1.82) is 0 Å². The molecular weight excluding hydrogens is 321 g/mol. The molecule has 24 heavy (non-hydrogen) atoms. The molecular formula is C17H21F3N2O2. The van der Waals surface area contributed by atoms with E-state index in [0.717, 1.165) is 6.07 Å². The Morgan fingerprint density at radius 3 is 2.62 bits per heavy atom. The number of halogens is 3. The number of amides is 1. The van der Waals surface area contributed by atoms with Crippen molar-refractivity contribution in [2.75, 3.05) is 26.7 Å². The van der Waals surface area contributed by atoms with E-state index in [1.165, 1.54) is 18.1 Å². The quantitative estimate of drug-likeness (QED) is 0.897. The molecule has 0 atom stereocenters. The molecule has 1 saturated heterocycles. The Morgan fingerprint density at radius 2 is 2.00 bits per heavy atom. The van der Waals surface area contributed by atoms with Gasteiger partial charge in [0.15, 0.2) is 0 Å². The van der Waals surface area contributed by atoms with Gasteiger partial charge in [0.1, 0.15) is 5.60 Å². The predicted octanol–water partition coefficient (Wildman–Crippen LogP) is 2.36. The van der Waals surface area contributed by atoms with Crippen LogP contribution in [0.15, 0.2) is 18.2 Å². The van der Waals surface area contributed by atoms with Crippen molar-refractivity contribution in [1.82, 2.24) is 10.2 Å². The summed E-state index contributed by atoms with van der Waals surface area (Å²) in [5.41, 5.74) is -0.680. The summed E-state index contributed by atoms with van der Waals surface area (Å²) >= 11 is 0. The molecule has 2 heterocycles. The number of nitrogens with zero attached hydrogens (tertiary/aromatic N) is 1. The number of hydrogen-bond acceptors (Lipinski definition) is 3. The molecule has 1 amide bonds. The van der Waals surface area contributed by atoms with Gasteiger partial charge in [0, 0.05) is 20.2 Å². The molecule has 0 spiro atoms. The highest BCUT2D eigenvalue weighted by atomic mass is 19.4. The highest BCUT2D eigenvalue weighted by Crippen LogP contribution is 2.36. The first-order chi connectivity index (χ1) is 11.4. The number of carbonyl (C=O) groups excluding carboxylic acids is 1. The van der Waals surface area contributed by atoms with Crippen LogP contribution in [0.2, 0.25) is 0 Å². The number of alkyl halides is 3. The molecule has 0 bridgehead atoms. The van der Waals surface area contributed by atoms with Gasteiger partial charge in [-0.1, -0.05) is 12.1 Å². The van der Waals surface area contributed by atoms with Gasteiger partial charge in [-0.25, -0.2) is 0 Å². The van der Waals surface area contributed by atoms with E-state index in [4.69, 9.17) is 4.74 Å². The number of fused-ring (bicyclic) bond motifs is 1. The Bertz CT molecular complexity index is 625. The average Bonchev–Trinajstić information content (AvgIpc) is 2.59. The Hall–Kier alpha value is -1.60. The zero-order valence-corrected chi connectivity index (χ0v) is 13.6. The third kappa shape index (κ3) is 3.02. The van der Waals surface area contributed by atoms with Gasteiger partial charge >= 0.3 is 6.18 Å². The molecule has 1 aromatic carbocycles. The summed E-state index contributed by atoms with van der Waals surface area (Å²) in [5, 5.41) is 3.18. The molecule has 1 fully saturated rings. The summed E-state index contributed by atoms with van der Waals surface area (Å²) in [7, 11) is 1.50. The molecule has 1 N–H and O–H groups in total. The van der Waals surface area contributed by atoms with Crippen LogP contribution in [-0.2, 0) is 28.7 Å². The maximum atomic E-state index is 13.3. The zero-order valence-electron chi connectivity index (χ0n) is 13.6. The summed E-state index contributed by atoms with van der Waals surface area (Å²) in [4.78, 5) is 14.5. The van der Waals surface area contributed by atoms with Crippen molar-refractivity contribution in [3.63, 3.8) is 0 Å². The van der Waals surface area contributed by atoms with E-state index in [0.29, 0.717) is 44.5 Å². The van der Waals surface area contributed by atoms with Crippen LogP contribution < -0.4 is 5.32 Å². The Morgan fingerprint density at radius 1 is 1.29 bits per heavy atom. The molecule has 2 aliphatic heterocycles. The van der Waals surface area contributed by atoms with Crippen molar-refractivity contribution in [2.45, 2.75) is 37.6 Å². The SMILES string of the molecule is COC1(C(=O)N2CCc3cccc(C(F)(F)F)c3C2)CCNCC1. The van der Waals surface area contributed by atoms with Crippen LogP contribution in [0.4, 0.5) is 13.2 Å². The standard InChI is InChI=1S/C17H21F3N2O2/c1-24-16(6-8-21-9-7-16)15(23)22-10-5-12-3-2-4-14(13(12)11-22)17(18,19)20/h2-4,21H,5-11H2,1H3. The lowest BCUT2D eigenvalue weighted by Crippen LogP contribution is -2.56. The molecule has 2 aliphatic rings. The molecule has 0 unspecified atom stereocenters. The highest BCUT2D eigenvalue weighted by Gasteiger charge is 2.44. The largest absolute Gasteiger partial charge is 0.416 e. The van der Waals surface area contributed by atoms with Gasteiger partial charge in [-0.3, -0.25) is 4.79 Å². The zero-order chi connectivity index (χ0) is 17.4. The van der Waals surface area contributed by atoms with Gasteiger partial charge in [-0.15, -0.1) is 0 Å². The summed E-state index contributed by atoms with van der Waals surface area (Å²) in [6.45, 7) is 1.74. The van der Waals surface area contributed by atoms with Crippen molar-refractivity contribution in [2.24, 2.45) is 0 Å². The van der Waals surface area contributed by atoms with Crippen LogP contribution in [0.25, 0.3) is 0 Å². The fourth-order valence-electron chi connectivity index (χ4n) is 3.64. The van der Waals surface area contributed by atoms with Crippen LogP contribution in [0, 0.1) is 0 Å². The topological polar surface area (TPSA) is 41.6 Å². The van der Waals surface area contributed by atoms with Crippen LogP contribution in [-0.4, -0.2) is 43.2 Å². The van der Waals surface area contributed by atoms with Crippen molar-refractivity contribution < 1.29 is 22.7 Å². The van der Waals surface area contributed by atoms with Gasteiger partial charge in [-0.05, 0) is 49.5 Å². The molecule has 0 saturated carbocycles. The molecule has 0 aliphatic carbocycles. The number of piperidine rings is 1. The lowest BCUT2D eigenvalue weighted by Gasteiger charge is -2.40. The average molecular weight is 342 g/mol. The molecule has 4 nitrogen and oxygen atoms in total. The summed E-state index contributed by atoms with van der Waals surface area (Å²) in [5.74, 6) is -0.200. The number of ether oxygens (including phenoxy) is 1. The van der Waals surface area contributed by atoms with E-state index in [-0.39, 0.29) is 18.0 Å². The summed E-state index contributed by atoms with van der Waals surface area (Å²) in [6.07, 6.45) is -2.91. The highest BCUT2D eigenvalue weighted by molar-refractivity contribution is 5.85. The van der Waals surface area contributed by atoms with Gasteiger partial charge in [0.2, 0.25) is 0 Å². The second-order valence-electron chi connectivity index (χ2n) is 6.37. The first-order valence-corrected chi connectivity index (χ1v) is 8.10. The number of nitrogens with one attached hydrogen (secondary N) is 1. The van der Waals surface area contributed by atoms with Crippen LogP contribution >= 0.6 is 0 Å². The van der Waals surface area contributed by atoms with Gasteiger partial charge in [0.05, 0.1) is 5.56 Å². The van der Waals surface area contributed by atoms with E-state index in [1.807, 2.05) is 0 Å². The molecule has 132 valence electrons. The van der Waals surface area contributed by atoms with E-state index < -0.39 is 17.3 Å². The molecule has 7 heteroatoms. The van der Waals surface area contributed by atoms with E-state index in [9.17, 15) is 18.0 Å². The normalized spacial score (nSPS) is 20.6. The fraction of sp³-hybridized carbons (Fsp3) is 0.588. The number of carbonyl (C=O) groups is 1. The number of benzene rings is 1. The van der Waals surface area contributed by atoms with Gasteiger partial charge in [-0.2, -0.15) is 13.2 Å². The van der Waals surface area contributed by atoms with Crippen molar-refractivity contribution in [3.8, 4) is 0 Å². The monoisotopic (exact) mass is 342 g/mol. The Balaban J connectivity index is 1.88. The van der Waals surface area contributed by atoms with Crippen LogP contribution in [0.5, 0.6) is 0 Å². The maximum absolute atomic E-state index is 13.3. The smallest absolute Gasteiger partial charge is 0.368 e. The number of methoxy groups -OCH3 is 1. The van der Waals surface area contributed by atoms with Crippen LogP contribution in [0.3, 0.4) is 0 Å². The second kappa shape index (κ2) is 6.37.